The molecule has 3 N–H and O–H groups in total. The fraction of sp³-hybridized carbons (Fsp3) is 0.179. The molecule has 0 bridgehead atoms. The lowest BCUT2D eigenvalue weighted by Gasteiger charge is -2.24. The number of amidine groups is 1. The minimum Gasteiger partial charge on any atom is -0.384 e. The van der Waals surface area contributed by atoms with Crippen molar-refractivity contribution in [2.75, 3.05) is 6.54 Å². The van der Waals surface area contributed by atoms with Gasteiger partial charge in [0.2, 0.25) is 0 Å². The van der Waals surface area contributed by atoms with E-state index in [0.717, 1.165) is 32.7 Å². The van der Waals surface area contributed by atoms with E-state index in [9.17, 15) is 9.59 Å². The third-order valence-electron chi connectivity index (χ3n) is 6.63. The van der Waals surface area contributed by atoms with Crippen molar-refractivity contribution >= 4 is 39.3 Å². The molecular formula is C28H26N4O2. The summed E-state index contributed by atoms with van der Waals surface area (Å²) < 4.78 is 0. The van der Waals surface area contributed by atoms with Crippen molar-refractivity contribution in [3.8, 4) is 0 Å². The van der Waals surface area contributed by atoms with E-state index < -0.39 is 6.04 Å². The van der Waals surface area contributed by atoms with Gasteiger partial charge in [-0.15, -0.1) is 0 Å². The van der Waals surface area contributed by atoms with Crippen LogP contribution >= 0.6 is 0 Å². The van der Waals surface area contributed by atoms with Crippen LogP contribution in [0, 0.1) is 5.41 Å². The number of nitrogens with two attached hydrogens (primary N) is 1. The summed E-state index contributed by atoms with van der Waals surface area (Å²) in [4.78, 5) is 29.7. The van der Waals surface area contributed by atoms with Gasteiger partial charge in [0.25, 0.3) is 5.91 Å². The molecule has 170 valence electrons. The van der Waals surface area contributed by atoms with Crippen LogP contribution in [0.5, 0.6) is 0 Å². The molecule has 1 fully saturated rings. The Morgan fingerprint density at radius 1 is 0.912 bits per heavy atom. The van der Waals surface area contributed by atoms with Gasteiger partial charge in [-0.1, -0.05) is 72.8 Å². The minimum atomic E-state index is -0.589. The zero-order valence-corrected chi connectivity index (χ0v) is 19.0. The summed E-state index contributed by atoms with van der Waals surface area (Å²) in [6.07, 6.45) is 0.405. The quantitative estimate of drug-likeness (QED) is 0.194. The molecule has 1 aliphatic heterocycles. The van der Waals surface area contributed by atoms with E-state index >= 15 is 0 Å². The number of nitrogens with one attached hydrogen (secondary N) is 1. The van der Waals surface area contributed by atoms with Crippen molar-refractivity contribution in [3.63, 3.8) is 0 Å². The van der Waals surface area contributed by atoms with Gasteiger partial charge in [0, 0.05) is 25.1 Å². The van der Waals surface area contributed by atoms with Crippen LogP contribution in [0.1, 0.15) is 23.6 Å². The molecule has 1 saturated heterocycles. The molecule has 0 aliphatic carbocycles. The zero-order valence-electron chi connectivity index (χ0n) is 19.0. The van der Waals surface area contributed by atoms with Crippen molar-refractivity contribution in [1.82, 2.24) is 9.80 Å². The predicted molar refractivity (Wildman–Crippen MR) is 135 cm³/mol. The summed E-state index contributed by atoms with van der Waals surface area (Å²) in [7, 11) is 0. The molecule has 0 spiro atoms. The largest absolute Gasteiger partial charge is 0.384 e. The van der Waals surface area contributed by atoms with Gasteiger partial charge in [0.1, 0.15) is 11.9 Å². The molecule has 0 unspecified atom stereocenters. The Morgan fingerprint density at radius 2 is 1.50 bits per heavy atom. The van der Waals surface area contributed by atoms with Crippen LogP contribution in [-0.4, -0.2) is 40.2 Å². The van der Waals surface area contributed by atoms with Crippen LogP contribution in [0.2, 0.25) is 0 Å². The average molecular weight is 451 g/mol. The average Bonchev–Trinajstić information content (AvgIpc) is 3.07. The Morgan fingerprint density at radius 3 is 2.06 bits per heavy atom. The van der Waals surface area contributed by atoms with Gasteiger partial charge in [-0.3, -0.25) is 15.1 Å². The molecule has 5 rings (SSSR count). The lowest BCUT2D eigenvalue weighted by atomic mass is 9.95. The number of imide groups is 1. The molecule has 0 saturated carbocycles. The van der Waals surface area contributed by atoms with Crippen LogP contribution in [0.25, 0.3) is 21.5 Å². The van der Waals surface area contributed by atoms with Crippen molar-refractivity contribution in [1.29, 1.82) is 5.41 Å². The summed E-state index contributed by atoms with van der Waals surface area (Å²) in [6, 6.07) is 25.0. The number of likely N-dealkylation sites (N-methyl/N-ethyl adjacent to an activating group) is 1. The number of rotatable bonds is 6. The molecule has 0 aromatic heterocycles. The highest BCUT2D eigenvalue weighted by Crippen LogP contribution is 2.32. The van der Waals surface area contributed by atoms with Gasteiger partial charge in [0.05, 0.1) is 0 Å². The van der Waals surface area contributed by atoms with Crippen LogP contribution in [-0.2, 0) is 17.8 Å². The number of hydrogen-bond acceptors (Lipinski definition) is 3. The fourth-order valence-electron chi connectivity index (χ4n) is 4.85. The summed E-state index contributed by atoms with van der Waals surface area (Å²) in [5, 5.41) is 12.0. The highest BCUT2D eigenvalue weighted by Gasteiger charge is 2.44. The first-order valence-corrected chi connectivity index (χ1v) is 11.4. The van der Waals surface area contributed by atoms with E-state index in [1.54, 1.807) is 17.0 Å². The molecule has 6 nitrogen and oxygen atoms in total. The molecule has 34 heavy (non-hydrogen) atoms. The van der Waals surface area contributed by atoms with E-state index in [2.05, 4.69) is 30.3 Å². The number of urea groups is 1. The van der Waals surface area contributed by atoms with Gasteiger partial charge in [-0.05, 0) is 45.7 Å². The summed E-state index contributed by atoms with van der Waals surface area (Å²) in [5.74, 6) is -0.173. The third-order valence-corrected chi connectivity index (χ3v) is 6.63. The SMILES string of the molecule is CCN1C(=O)[C@H](Cc2ccc(C(=N)N)cc2)N(Cc2c3ccccc3cc3ccccc23)C1=O. The topological polar surface area (TPSA) is 90.5 Å². The Balaban J connectivity index is 1.57. The van der Waals surface area contributed by atoms with Crippen LogP contribution < -0.4 is 5.73 Å². The molecule has 1 heterocycles. The molecule has 3 amide bonds. The van der Waals surface area contributed by atoms with E-state index in [-0.39, 0.29) is 17.8 Å². The highest BCUT2D eigenvalue weighted by molar-refractivity contribution is 6.06. The zero-order chi connectivity index (χ0) is 23.8. The van der Waals surface area contributed by atoms with Gasteiger partial charge in [0.15, 0.2) is 0 Å². The van der Waals surface area contributed by atoms with E-state index in [1.165, 1.54) is 4.90 Å². The number of nitrogen functional groups attached to an aromatic ring is 1. The van der Waals surface area contributed by atoms with Gasteiger partial charge < -0.3 is 10.6 Å². The Hall–Kier alpha value is -4.19. The standard InChI is InChI=1S/C28H26N4O2/c1-2-31-27(33)25(15-18-11-13-19(14-12-18)26(29)30)32(28(31)34)17-24-22-9-5-3-7-20(22)16-21-8-4-6-10-23(21)24/h3-14,16,25H,2,15,17H2,1H3,(H3,29,30)/t25-/m0/s1. The maximum atomic E-state index is 13.4. The molecule has 6 heteroatoms. The molecular weight excluding hydrogens is 424 g/mol. The maximum absolute atomic E-state index is 13.4. The van der Waals surface area contributed by atoms with Crippen molar-refractivity contribution in [2.24, 2.45) is 5.73 Å². The van der Waals surface area contributed by atoms with Crippen LogP contribution in [0.3, 0.4) is 0 Å². The lowest BCUT2D eigenvalue weighted by molar-refractivity contribution is -0.128. The summed E-state index contributed by atoms with van der Waals surface area (Å²) in [6.45, 7) is 2.51. The number of amides is 3. The first kappa shape index (κ1) is 21.6. The molecule has 1 atom stereocenters. The fourth-order valence-corrected chi connectivity index (χ4v) is 4.85. The number of nitrogens with zero attached hydrogens (tertiary/aromatic N) is 2. The Kier molecular flexibility index (Phi) is 5.49. The van der Waals surface area contributed by atoms with E-state index in [4.69, 9.17) is 11.1 Å². The van der Waals surface area contributed by atoms with Gasteiger partial charge >= 0.3 is 6.03 Å². The van der Waals surface area contributed by atoms with Gasteiger partial charge in [-0.2, -0.15) is 0 Å². The third kappa shape index (κ3) is 3.67. The normalized spacial score (nSPS) is 16.1. The van der Waals surface area contributed by atoms with Crippen molar-refractivity contribution in [2.45, 2.75) is 25.9 Å². The summed E-state index contributed by atoms with van der Waals surface area (Å²) in [5.41, 5.74) is 8.17. The smallest absolute Gasteiger partial charge is 0.327 e. The summed E-state index contributed by atoms with van der Waals surface area (Å²) >= 11 is 0. The molecule has 1 aliphatic rings. The molecule has 0 radical (unpaired) electrons. The number of carbonyl (C=O) groups excluding carboxylic acids is 2. The second kappa shape index (κ2) is 8.63. The number of carbonyl (C=O) groups is 2. The Bertz CT molecular complexity index is 1370. The second-order valence-electron chi connectivity index (χ2n) is 8.62. The number of benzene rings is 4. The van der Waals surface area contributed by atoms with Gasteiger partial charge in [-0.25, -0.2) is 4.79 Å². The maximum Gasteiger partial charge on any atom is 0.327 e. The van der Waals surface area contributed by atoms with E-state index in [0.29, 0.717) is 25.1 Å². The van der Waals surface area contributed by atoms with Crippen LogP contribution in [0.4, 0.5) is 4.79 Å². The number of hydrogen-bond donors (Lipinski definition) is 2. The Labute approximate surface area is 198 Å². The first-order chi connectivity index (χ1) is 16.5. The lowest BCUT2D eigenvalue weighted by Crippen LogP contribution is -2.36. The van der Waals surface area contributed by atoms with Crippen molar-refractivity contribution < 1.29 is 9.59 Å². The van der Waals surface area contributed by atoms with Crippen molar-refractivity contribution in [3.05, 3.63) is 95.6 Å². The first-order valence-electron chi connectivity index (χ1n) is 11.4. The minimum absolute atomic E-state index is 0.000268. The van der Waals surface area contributed by atoms with Crippen LogP contribution in [0.15, 0.2) is 78.9 Å². The second-order valence-corrected chi connectivity index (χ2v) is 8.62. The molecule has 4 aromatic rings. The number of fused-ring (bicyclic) bond motifs is 2. The predicted octanol–water partition coefficient (Wildman–Crippen LogP) is 4.67. The highest BCUT2D eigenvalue weighted by atomic mass is 16.2. The monoisotopic (exact) mass is 450 g/mol. The van der Waals surface area contributed by atoms with E-state index in [1.807, 2.05) is 43.3 Å². The molecule has 4 aromatic carbocycles.